The molecule has 0 atom stereocenters. The highest BCUT2D eigenvalue weighted by atomic mass is 16.5. The number of rotatable bonds is 6. The molecule has 0 fully saturated rings. The highest BCUT2D eigenvalue weighted by Gasteiger charge is 2.22. The van der Waals surface area contributed by atoms with Crippen LogP contribution in [0.1, 0.15) is 24.4 Å². The largest absolute Gasteiger partial charge is 0.497 e. The van der Waals surface area contributed by atoms with Gasteiger partial charge in [0.25, 0.3) is 5.91 Å². The molecule has 0 saturated heterocycles. The number of carbonyl (C=O) groups is 2. The van der Waals surface area contributed by atoms with Crippen LogP contribution in [0.25, 0.3) is 22.1 Å². The van der Waals surface area contributed by atoms with Gasteiger partial charge in [-0.3, -0.25) is 9.59 Å². The van der Waals surface area contributed by atoms with Crippen molar-refractivity contribution in [2.45, 2.75) is 13.8 Å². The third kappa shape index (κ3) is 4.34. The Morgan fingerprint density at radius 3 is 2.28 bits per heavy atom. The molecule has 4 aromatic rings. The maximum Gasteiger partial charge on any atom is 0.292 e. The summed E-state index contributed by atoms with van der Waals surface area (Å²) in [6.45, 7) is 3.64. The highest BCUT2D eigenvalue weighted by molar-refractivity contribution is 6.13. The van der Waals surface area contributed by atoms with E-state index in [0.29, 0.717) is 28.3 Å². The van der Waals surface area contributed by atoms with E-state index < -0.39 is 0 Å². The number of fused-ring (bicyclic) bond motifs is 1. The van der Waals surface area contributed by atoms with Gasteiger partial charge in [0.1, 0.15) is 11.3 Å². The second-order valence-corrected chi connectivity index (χ2v) is 7.71. The summed E-state index contributed by atoms with van der Waals surface area (Å²) in [6.07, 6.45) is 0. The summed E-state index contributed by atoms with van der Waals surface area (Å²) >= 11 is 0. The third-order valence-electron chi connectivity index (χ3n) is 5.08. The zero-order valence-electron chi connectivity index (χ0n) is 18.1. The second kappa shape index (κ2) is 8.98. The number of nitrogens with one attached hydrogen (secondary N) is 2. The van der Waals surface area contributed by atoms with E-state index in [2.05, 4.69) is 10.6 Å². The Morgan fingerprint density at radius 1 is 0.875 bits per heavy atom. The molecule has 0 spiro atoms. The van der Waals surface area contributed by atoms with Crippen LogP contribution in [0.2, 0.25) is 0 Å². The van der Waals surface area contributed by atoms with Crippen LogP contribution in [0.4, 0.5) is 11.4 Å². The zero-order valence-corrected chi connectivity index (χ0v) is 18.1. The Bertz CT molecular complexity index is 1280. The fourth-order valence-corrected chi connectivity index (χ4v) is 3.40. The van der Waals surface area contributed by atoms with Gasteiger partial charge < -0.3 is 19.8 Å². The fraction of sp³-hybridized carbons (Fsp3) is 0.154. The molecular weight excluding hydrogens is 404 g/mol. The third-order valence-corrected chi connectivity index (χ3v) is 5.08. The molecule has 2 N–H and O–H groups in total. The Morgan fingerprint density at radius 2 is 1.59 bits per heavy atom. The Labute approximate surface area is 186 Å². The molecule has 2 amide bonds. The van der Waals surface area contributed by atoms with E-state index in [1.54, 1.807) is 37.4 Å². The molecule has 1 heterocycles. The van der Waals surface area contributed by atoms with Gasteiger partial charge in [0.15, 0.2) is 0 Å². The number of hydrogen-bond acceptors (Lipinski definition) is 4. The van der Waals surface area contributed by atoms with Gasteiger partial charge in [0, 0.05) is 34.3 Å². The van der Waals surface area contributed by atoms with Crippen molar-refractivity contribution < 1.29 is 18.7 Å². The predicted molar refractivity (Wildman–Crippen MR) is 126 cm³/mol. The summed E-state index contributed by atoms with van der Waals surface area (Å²) in [5, 5.41) is 6.54. The van der Waals surface area contributed by atoms with E-state index in [4.69, 9.17) is 9.15 Å². The van der Waals surface area contributed by atoms with Crippen LogP contribution in [-0.4, -0.2) is 18.9 Å². The van der Waals surface area contributed by atoms with Crippen LogP contribution in [0.3, 0.4) is 0 Å². The quantitative estimate of drug-likeness (QED) is 0.397. The number of furan rings is 1. The van der Waals surface area contributed by atoms with Crippen molar-refractivity contribution in [2.24, 2.45) is 5.92 Å². The molecule has 1 aromatic heterocycles. The normalized spacial score (nSPS) is 10.9. The standard InChI is InChI=1S/C26H24N2O4/c1-16(2)25(29)27-18-10-7-11-19(14-18)28-26(30)24-23(17-8-5-4-6-9-17)21-13-12-20(31-3)15-22(21)32-24/h4-16H,1-3H3,(H,27,29)(H,28,30). The van der Waals surface area contributed by atoms with Gasteiger partial charge in [-0.1, -0.05) is 50.2 Å². The number of hydrogen-bond donors (Lipinski definition) is 2. The molecule has 6 heteroatoms. The van der Waals surface area contributed by atoms with E-state index in [1.165, 1.54) is 0 Å². The Kier molecular flexibility index (Phi) is 5.94. The molecule has 162 valence electrons. The molecule has 32 heavy (non-hydrogen) atoms. The lowest BCUT2D eigenvalue weighted by Crippen LogP contribution is -2.18. The molecule has 0 aliphatic heterocycles. The first-order valence-electron chi connectivity index (χ1n) is 10.3. The lowest BCUT2D eigenvalue weighted by molar-refractivity contribution is -0.118. The molecule has 0 radical (unpaired) electrons. The first-order chi connectivity index (χ1) is 15.5. The second-order valence-electron chi connectivity index (χ2n) is 7.71. The van der Waals surface area contributed by atoms with Gasteiger partial charge in [0.05, 0.1) is 7.11 Å². The first kappa shape index (κ1) is 21.2. The van der Waals surface area contributed by atoms with E-state index in [1.807, 2.05) is 56.3 Å². The Balaban J connectivity index is 1.70. The monoisotopic (exact) mass is 428 g/mol. The Hall–Kier alpha value is -4.06. The maximum absolute atomic E-state index is 13.3. The SMILES string of the molecule is COc1ccc2c(-c3ccccc3)c(C(=O)Nc3cccc(NC(=O)C(C)C)c3)oc2c1. The number of methoxy groups -OCH3 is 1. The fourth-order valence-electron chi connectivity index (χ4n) is 3.40. The minimum atomic E-state index is -0.383. The number of carbonyl (C=O) groups excluding carboxylic acids is 2. The van der Waals surface area contributed by atoms with Gasteiger partial charge in [-0.25, -0.2) is 0 Å². The molecule has 6 nitrogen and oxygen atoms in total. The lowest BCUT2D eigenvalue weighted by atomic mass is 10.0. The average molecular weight is 428 g/mol. The first-order valence-corrected chi connectivity index (χ1v) is 10.3. The molecule has 3 aromatic carbocycles. The minimum absolute atomic E-state index is 0.0916. The minimum Gasteiger partial charge on any atom is -0.497 e. The van der Waals surface area contributed by atoms with Gasteiger partial charge in [0.2, 0.25) is 11.7 Å². The summed E-state index contributed by atoms with van der Waals surface area (Å²) in [5.74, 6) is 0.231. The van der Waals surface area contributed by atoms with Crippen molar-refractivity contribution in [3.63, 3.8) is 0 Å². The molecular formula is C26H24N2O4. The molecule has 0 saturated carbocycles. The van der Waals surface area contributed by atoms with Crippen molar-refractivity contribution in [1.29, 1.82) is 0 Å². The van der Waals surface area contributed by atoms with Crippen LogP contribution in [0, 0.1) is 5.92 Å². The van der Waals surface area contributed by atoms with Crippen molar-refractivity contribution in [2.75, 3.05) is 17.7 Å². The smallest absolute Gasteiger partial charge is 0.292 e. The zero-order chi connectivity index (χ0) is 22.7. The van der Waals surface area contributed by atoms with E-state index in [0.717, 1.165) is 10.9 Å². The van der Waals surface area contributed by atoms with Crippen molar-refractivity contribution >= 4 is 34.2 Å². The summed E-state index contributed by atoms with van der Waals surface area (Å²) < 4.78 is 11.3. The average Bonchev–Trinajstić information content (AvgIpc) is 3.18. The molecule has 0 aliphatic rings. The van der Waals surface area contributed by atoms with Crippen LogP contribution in [-0.2, 0) is 4.79 Å². The van der Waals surface area contributed by atoms with Crippen LogP contribution in [0.5, 0.6) is 5.75 Å². The lowest BCUT2D eigenvalue weighted by Gasteiger charge is -2.10. The van der Waals surface area contributed by atoms with Crippen LogP contribution < -0.4 is 15.4 Å². The summed E-state index contributed by atoms with van der Waals surface area (Å²) in [5.41, 5.74) is 3.31. The molecule has 0 bridgehead atoms. The van der Waals surface area contributed by atoms with E-state index in [9.17, 15) is 9.59 Å². The molecule has 0 unspecified atom stereocenters. The van der Waals surface area contributed by atoms with E-state index in [-0.39, 0.29) is 23.5 Å². The van der Waals surface area contributed by atoms with Crippen molar-refractivity contribution in [3.05, 3.63) is 78.6 Å². The van der Waals surface area contributed by atoms with Crippen LogP contribution in [0.15, 0.2) is 77.2 Å². The maximum atomic E-state index is 13.3. The van der Waals surface area contributed by atoms with E-state index >= 15 is 0 Å². The predicted octanol–water partition coefficient (Wildman–Crippen LogP) is 5.96. The topological polar surface area (TPSA) is 80.6 Å². The van der Waals surface area contributed by atoms with Gasteiger partial charge in [-0.2, -0.15) is 0 Å². The summed E-state index contributed by atoms with van der Waals surface area (Å²) in [6, 6.07) is 22.1. The van der Waals surface area contributed by atoms with Crippen molar-refractivity contribution in [3.8, 4) is 16.9 Å². The molecule has 4 rings (SSSR count). The number of anilines is 2. The number of amides is 2. The number of ether oxygens (including phenoxy) is 1. The summed E-state index contributed by atoms with van der Waals surface area (Å²) in [4.78, 5) is 25.2. The molecule has 0 aliphatic carbocycles. The number of benzene rings is 3. The highest BCUT2D eigenvalue weighted by Crippen LogP contribution is 2.37. The van der Waals surface area contributed by atoms with Gasteiger partial charge in [-0.15, -0.1) is 0 Å². The van der Waals surface area contributed by atoms with Gasteiger partial charge in [-0.05, 0) is 35.9 Å². The van der Waals surface area contributed by atoms with Gasteiger partial charge >= 0.3 is 0 Å². The summed E-state index contributed by atoms with van der Waals surface area (Å²) in [7, 11) is 1.58. The van der Waals surface area contributed by atoms with Crippen LogP contribution >= 0.6 is 0 Å². The van der Waals surface area contributed by atoms with Crippen molar-refractivity contribution in [1.82, 2.24) is 0 Å².